The van der Waals surface area contributed by atoms with E-state index < -0.39 is 10.1 Å². The summed E-state index contributed by atoms with van der Waals surface area (Å²) in [7, 11) is -2.09. The van der Waals surface area contributed by atoms with Crippen molar-refractivity contribution in [3.05, 3.63) is 29.8 Å². The standard InChI is InChI=1S/C12H15NO4.CH4O3S/c1-16-8-11-6-13(12(15)17-11)10-4-2-9(7-14)3-5-10;1-5(2,3)4/h2-5,11,14H,6-8H2,1H3;1H3,(H,2,3,4). The second-order valence-electron chi connectivity index (χ2n) is 4.63. The van der Waals surface area contributed by atoms with Gasteiger partial charge < -0.3 is 14.6 Å². The third-order valence-electron chi connectivity index (χ3n) is 2.66. The number of anilines is 1. The number of aliphatic hydroxyl groups is 1. The fourth-order valence-electron chi connectivity index (χ4n) is 1.79. The van der Waals surface area contributed by atoms with Crippen molar-refractivity contribution < 1.29 is 32.3 Å². The van der Waals surface area contributed by atoms with Crippen LogP contribution in [0.1, 0.15) is 5.56 Å². The van der Waals surface area contributed by atoms with Gasteiger partial charge in [-0.3, -0.25) is 9.45 Å². The van der Waals surface area contributed by atoms with E-state index in [0.717, 1.165) is 11.3 Å². The zero-order chi connectivity index (χ0) is 16.8. The van der Waals surface area contributed by atoms with Crippen molar-refractivity contribution in [2.75, 3.05) is 31.4 Å². The van der Waals surface area contributed by atoms with Gasteiger partial charge in [0, 0.05) is 12.8 Å². The molecule has 1 fully saturated rings. The number of carbonyl (C=O) groups is 1. The number of aliphatic hydroxyl groups excluding tert-OH is 1. The predicted octanol–water partition coefficient (Wildman–Crippen LogP) is 0.655. The summed E-state index contributed by atoms with van der Waals surface area (Å²) in [6, 6.07) is 7.16. The lowest BCUT2D eigenvalue weighted by Gasteiger charge is -2.13. The normalized spacial score (nSPS) is 17.7. The van der Waals surface area contributed by atoms with E-state index in [2.05, 4.69) is 0 Å². The van der Waals surface area contributed by atoms with Gasteiger partial charge in [0.1, 0.15) is 6.10 Å². The van der Waals surface area contributed by atoms with Crippen molar-refractivity contribution >= 4 is 21.9 Å². The van der Waals surface area contributed by atoms with Gasteiger partial charge in [-0.15, -0.1) is 0 Å². The molecule has 2 rings (SSSR count). The Hall–Kier alpha value is -1.68. The monoisotopic (exact) mass is 333 g/mol. The van der Waals surface area contributed by atoms with Crippen molar-refractivity contribution in [2.24, 2.45) is 0 Å². The molecule has 1 atom stereocenters. The first kappa shape index (κ1) is 18.4. The van der Waals surface area contributed by atoms with Gasteiger partial charge in [-0.05, 0) is 17.7 Å². The molecular weight excluding hydrogens is 314 g/mol. The van der Waals surface area contributed by atoms with Crippen molar-refractivity contribution in [3.63, 3.8) is 0 Å². The fraction of sp³-hybridized carbons (Fsp3) is 0.462. The van der Waals surface area contributed by atoms with Crippen LogP contribution >= 0.6 is 0 Å². The Morgan fingerprint density at radius 3 is 2.36 bits per heavy atom. The minimum atomic E-state index is -3.67. The summed E-state index contributed by atoms with van der Waals surface area (Å²) in [5.41, 5.74) is 1.58. The maximum Gasteiger partial charge on any atom is 0.414 e. The third-order valence-corrected chi connectivity index (χ3v) is 2.66. The number of hydrogen-bond acceptors (Lipinski definition) is 6. The molecule has 1 aliphatic heterocycles. The lowest BCUT2D eigenvalue weighted by Crippen LogP contribution is -2.25. The molecule has 1 aromatic rings. The number of hydrogen-bond donors (Lipinski definition) is 2. The van der Waals surface area contributed by atoms with Gasteiger partial charge in [0.05, 0.1) is 26.0 Å². The number of ether oxygens (including phenoxy) is 2. The molecule has 0 aromatic heterocycles. The maximum atomic E-state index is 11.6. The molecule has 0 radical (unpaired) electrons. The highest BCUT2D eigenvalue weighted by molar-refractivity contribution is 7.85. The Morgan fingerprint density at radius 2 is 1.91 bits per heavy atom. The average molecular weight is 333 g/mol. The molecule has 1 amide bonds. The van der Waals surface area contributed by atoms with Crippen LogP contribution in [0.2, 0.25) is 0 Å². The van der Waals surface area contributed by atoms with Gasteiger partial charge in [0.15, 0.2) is 0 Å². The quantitative estimate of drug-likeness (QED) is 0.778. The second-order valence-corrected chi connectivity index (χ2v) is 6.10. The highest BCUT2D eigenvalue weighted by atomic mass is 32.2. The van der Waals surface area contributed by atoms with E-state index >= 15 is 0 Å². The van der Waals surface area contributed by atoms with Gasteiger partial charge in [0.25, 0.3) is 10.1 Å². The molecule has 124 valence electrons. The second kappa shape index (κ2) is 8.08. The van der Waals surface area contributed by atoms with Crippen molar-refractivity contribution in [1.82, 2.24) is 0 Å². The van der Waals surface area contributed by atoms with Crippen LogP contribution in [0.4, 0.5) is 10.5 Å². The van der Waals surface area contributed by atoms with Crippen LogP contribution in [0.15, 0.2) is 24.3 Å². The number of nitrogens with zero attached hydrogens (tertiary/aromatic N) is 1. The first-order valence-corrected chi connectivity index (χ1v) is 8.18. The third kappa shape index (κ3) is 6.39. The Balaban J connectivity index is 0.000000422. The van der Waals surface area contributed by atoms with Crippen molar-refractivity contribution in [1.29, 1.82) is 0 Å². The molecule has 0 spiro atoms. The van der Waals surface area contributed by atoms with Crippen LogP contribution in [0.5, 0.6) is 0 Å². The zero-order valence-electron chi connectivity index (χ0n) is 12.3. The van der Waals surface area contributed by atoms with Gasteiger partial charge in [-0.25, -0.2) is 4.79 Å². The van der Waals surface area contributed by atoms with Crippen molar-refractivity contribution in [2.45, 2.75) is 12.7 Å². The number of cyclic esters (lactones) is 1. The zero-order valence-corrected chi connectivity index (χ0v) is 13.1. The van der Waals surface area contributed by atoms with Crippen LogP contribution < -0.4 is 4.90 Å². The van der Waals surface area contributed by atoms with Crippen molar-refractivity contribution in [3.8, 4) is 0 Å². The van der Waals surface area contributed by atoms with Crippen LogP contribution in [-0.2, 0) is 26.2 Å². The SMILES string of the molecule is COCC1CN(c2ccc(CO)cc2)C(=O)O1.CS(=O)(=O)O. The molecule has 1 unspecified atom stereocenters. The summed E-state index contributed by atoms with van der Waals surface area (Å²) in [6.45, 7) is 0.888. The molecule has 1 saturated heterocycles. The minimum Gasteiger partial charge on any atom is -0.441 e. The first-order valence-electron chi connectivity index (χ1n) is 6.34. The molecule has 8 nitrogen and oxygen atoms in total. The minimum absolute atomic E-state index is 0.00295. The molecule has 1 aromatic carbocycles. The lowest BCUT2D eigenvalue weighted by molar-refractivity contribution is 0.0718. The summed E-state index contributed by atoms with van der Waals surface area (Å²) in [5, 5.41) is 8.94. The van der Waals surface area contributed by atoms with E-state index in [1.165, 1.54) is 0 Å². The van der Waals surface area contributed by atoms with Crippen LogP contribution in [-0.4, -0.2) is 56.8 Å². The highest BCUT2D eigenvalue weighted by Gasteiger charge is 2.32. The fourth-order valence-corrected chi connectivity index (χ4v) is 1.79. The van der Waals surface area contributed by atoms with E-state index in [1.807, 2.05) is 0 Å². The van der Waals surface area contributed by atoms with E-state index in [-0.39, 0.29) is 18.8 Å². The molecule has 2 N–H and O–H groups in total. The summed E-state index contributed by atoms with van der Waals surface area (Å²) in [4.78, 5) is 13.2. The summed E-state index contributed by atoms with van der Waals surface area (Å²) in [6.07, 6.45) is 0.140. The largest absolute Gasteiger partial charge is 0.441 e. The van der Waals surface area contributed by atoms with Gasteiger partial charge >= 0.3 is 6.09 Å². The highest BCUT2D eigenvalue weighted by Crippen LogP contribution is 2.22. The number of benzene rings is 1. The number of carbonyl (C=O) groups excluding carboxylic acids is 1. The summed E-state index contributed by atoms with van der Waals surface area (Å²) >= 11 is 0. The van der Waals surface area contributed by atoms with Crippen LogP contribution in [0.3, 0.4) is 0 Å². The van der Waals surface area contributed by atoms with Gasteiger partial charge in [-0.1, -0.05) is 12.1 Å². The van der Waals surface area contributed by atoms with E-state index in [1.54, 1.807) is 36.3 Å². The number of methoxy groups -OCH3 is 1. The molecule has 0 saturated carbocycles. The molecule has 9 heteroatoms. The Labute approximate surface area is 129 Å². The molecule has 0 aliphatic carbocycles. The number of amides is 1. The average Bonchev–Trinajstić information content (AvgIpc) is 2.78. The van der Waals surface area contributed by atoms with E-state index in [0.29, 0.717) is 19.4 Å². The van der Waals surface area contributed by atoms with Gasteiger partial charge in [0.2, 0.25) is 0 Å². The van der Waals surface area contributed by atoms with E-state index in [4.69, 9.17) is 19.1 Å². The predicted molar refractivity (Wildman–Crippen MR) is 79.3 cm³/mol. The Kier molecular flexibility index (Phi) is 6.75. The maximum absolute atomic E-state index is 11.6. The molecule has 1 heterocycles. The topological polar surface area (TPSA) is 113 Å². The Bertz CT molecular complexity index is 577. The summed E-state index contributed by atoms with van der Waals surface area (Å²) in [5.74, 6) is 0. The first-order chi connectivity index (χ1) is 10.2. The molecular formula is C13H19NO7S. The Morgan fingerprint density at radius 1 is 1.36 bits per heavy atom. The summed E-state index contributed by atoms with van der Waals surface area (Å²) < 4.78 is 36.0. The van der Waals surface area contributed by atoms with Gasteiger partial charge in [-0.2, -0.15) is 8.42 Å². The molecule has 1 aliphatic rings. The van der Waals surface area contributed by atoms with E-state index in [9.17, 15) is 13.2 Å². The molecule has 22 heavy (non-hydrogen) atoms. The van der Waals surface area contributed by atoms with Crippen LogP contribution in [0.25, 0.3) is 0 Å². The lowest BCUT2D eigenvalue weighted by atomic mass is 10.2. The van der Waals surface area contributed by atoms with Crippen LogP contribution in [0, 0.1) is 0 Å². The smallest absolute Gasteiger partial charge is 0.414 e. The molecule has 0 bridgehead atoms. The number of rotatable bonds is 4.